The number of likely N-dealkylation sites (N-methyl/N-ethyl adjacent to an activating group) is 1. The molecule has 0 radical (unpaired) electrons. The fourth-order valence-corrected chi connectivity index (χ4v) is 2.72. The highest BCUT2D eigenvalue weighted by Crippen LogP contribution is 2.20. The Hall–Kier alpha value is -0.970. The summed E-state index contributed by atoms with van der Waals surface area (Å²) >= 11 is 0. The Morgan fingerprint density at radius 1 is 1.43 bits per heavy atom. The highest BCUT2D eigenvalue weighted by Gasteiger charge is 2.17. The van der Waals surface area contributed by atoms with Gasteiger partial charge in [-0.1, -0.05) is 12.1 Å². The van der Waals surface area contributed by atoms with Crippen LogP contribution in [0.1, 0.15) is 42.9 Å². The molecule has 118 valence electrons. The summed E-state index contributed by atoms with van der Waals surface area (Å²) in [4.78, 5) is 2.18. The van der Waals surface area contributed by atoms with Gasteiger partial charge in [0.25, 0.3) is 0 Å². The van der Waals surface area contributed by atoms with Gasteiger partial charge in [-0.25, -0.2) is 4.39 Å². The highest BCUT2D eigenvalue weighted by molar-refractivity contribution is 5.24. The predicted octanol–water partition coefficient (Wildman–Crippen LogP) is 3.06. The van der Waals surface area contributed by atoms with Crippen molar-refractivity contribution in [2.45, 2.75) is 44.8 Å². The van der Waals surface area contributed by atoms with Crippen molar-refractivity contribution in [1.29, 1.82) is 0 Å². The molecule has 1 fully saturated rings. The lowest BCUT2D eigenvalue weighted by molar-refractivity contribution is -0.00327. The van der Waals surface area contributed by atoms with Gasteiger partial charge < -0.3 is 14.7 Å². The number of hydrogen-bond donors (Lipinski definition) is 1. The van der Waals surface area contributed by atoms with E-state index in [0.29, 0.717) is 23.7 Å². The summed E-state index contributed by atoms with van der Waals surface area (Å²) in [6.45, 7) is 4.26. The first-order valence-electron chi connectivity index (χ1n) is 7.80. The fraction of sp³-hybridized carbons (Fsp3) is 0.647. The number of ether oxygens (including phenoxy) is 1. The third kappa shape index (κ3) is 5.06. The van der Waals surface area contributed by atoms with E-state index in [1.807, 2.05) is 7.05 Å². The Morgan fingerprint density at radius 3 is 2.90 bits per heavy atom. The van der Waals surface area contributed by atoms with Crippen LogP contribution in [0.5, 0.6) is 0 Å². The van der Waals surface area contributed by atoms with Crippen molar-refractivity contribution in [3.63, 3.8) is 0 Å². The van der Waals surface area contributed by atoms with Crippen LogP contribution in [0.3, 0.4) is 0 Å². The van der Waals surface area contributed by atoms with E-state index in [-0.39, 0.29) is 5.82 Å². The first kappa shape index (κ1) is 16.4. The molecule has 0 bridgehead atoms. The molecular formula is C17H26FNO2. The molecule has 2 rings (SSSR count). The van der Waals surface area contributed by atoms with Gasteiger partial charge in [0.2, 0.25) is 0 Å². The fourth-order valence-electron chi connectivity index (χ4n) is 2.72. The summed E-state index contributed by atoms with van der Waals surface area (Å²) in [6, 6.07) is 4.95. The van der Waals surface area contributed by atoms with Crippen LogP contribution in [0, 0.1) is 12.7 Å². The van der Waals surface area contributed by atoms with Crippen molar-refractivity contribution < 1.29 is 14.2 Å². The molecule has 4 heteroatoms. The van der Waals surface area contributed by atoms with Gasteiger partial charge >= 0.3 is 0 Å². The van der Waals surface area contributed by atoms with Crippen LogP contribution < -0.4 is 0 Å². The van der Waals surface area contributed by atoms with Crippen LogP contribution in [0.4, 0.5) is 4.39 Å². The molecule has 2 unspecified atom stereocenters. The van der Waals surface area contributed by atoms with E-state index in [1.54, 1.807) is 19.1 Å². The van der Waals surface area contributed by atoms with E-state index < -0.39 is 6.10 Å². The van der Waals surface area contributed by atoms with Crippen molar-refractivity contribution in [2.24, 2.45) is 0 Å². The lowest BCUT2D eigenvalue weighted by atomic mass is 10.0. The number of aliphatic hydroxyl groups is 1. The summed E-state index contributed by atoms with van der Waals surface area (Å²) in [5, 5.41) is 10.2. The lowest BCUT2D eigenvalue weighted by Gasteiger charge is -2.27. The number of hydrogen-bond acceptors (Lipinski definition) is 3. The summed E-state index contributed by atoms with van der Waals surface area (Å²) in [7, 11) is 2.04. The minimum atomic E-state index is -0.616. The van der Waals surface area contributed by atoms with Gasteiger partial charge in [0.1, 0.15) is 5.82 Å². The first-order valence-corrected chi connectivity index (χ1v) is 7.80. The Balaban J connectivity index is 1.77. The van der Waals surface area contributed by atoms with E-state index in [2.05, 4.69) is 4.90 Å². The smallest absolute Gasteiger partial charge is 0.126 e. The van der Waals surface area contributed by atoms with Gasteiger partial charge in [-0.3, -0.25) is 0 Å². The molecule has 3 nitrogen and oxygen atoms in total. The summed E-state index contributed by atoms with van der Waals surface area (Å²) in [6.07, 6.45) is 3.83. The van der Waals surface area contributed by atoms with Crippen LogP contribution in [-0.2, 0) is 4.74 Å². The van der Waals surface area contributed by atoms with Crippen molar-refractivity contribution in [2.75, 3.05) is 26.7 Å². The highest BCUT2D eigenvalue weighted by atomic mass is 19.1. The molecule has 1 aromatic carbocycles. The van der Waals surface area contributed by atoms with Gasteiger partial charge in [-0.05, 0) is 56.8 Å². The van der Waals surface area contributed by atoms with Crippen molar-refractivity contribution >= 4 is 0 Å². The molecule has 0 amide bonds. The van der Waals surface area contributed by atoms with E-state index in [9.17, 15) is 9.50 Å². The van der Waals surface area contributed by atoms with E-state index in [4.69, 9.17) is 4.74 Å². The number of halogens is 1. The third-order valence-electron chi connectivity index (χ3n) is 4.15. The summed E-state index contributed by atoms with van der Waals surface area (Å²) in [5.41, 5.74) is 1.26. The zero-order chi connectivity index (χ0) is 15.2. The van der Waals surface area contributed by atoms with Crippen LogP contribution in [-0.4, -0.2) is 42.9 Å². The molecule has 0 spiro atoms. The predicted molar refractivity (Wildman–Crippen MR) is 81.8 cm³/mol. The molecule has 2 atom stereocenters. The van der Waals surface area contributed by atoms with Gasteiger partial charge in [-0.15, -0.1) is 0 Å². The minimum absolute atomic E-state index is 0.254. The van der Waals surface area contributed by atoms with Gasteiger partial charge in [0.05, 0.1) is 12.2 Å². The second-order valence-electron chi connectivity index (χ2n) is 6.06. The van der Waals surface area contributed by atoms with Crippen LogP contribution in [0.2, 0.25) is 0 Å². The number of aliphatic hydroxyl groups excluding tert-OH is 1. The van der Waals surface area contributed by atoms with Crippen LogP contribution in [0.15, 0.2) is 18.2 Å². The second-order valence-corrected chi connectivity index (χ2v) is 6.06. The molecule has 1 aliphatic rings. The normalized spacial score (nSPS) is 20.7. The standard InChI is InChI=1S/C17H26FNO2/c1-13-6-7-14(11-16(13)18)17(20)8-9-19(2)12-15-5-3-4-10-21-15/h6-7,11,15,17,20H,3-5,8-10,12H2,1-2H3. The lowest BCUT2D eigenvalue weighted by Crippen LogP contribution is -2.34. The Labute approximate surface area is 126 Å². The first-order chi connectivity index (χ1) is 10.1. The minimum Gasteiger partial charge on any atom is -0.388 e. The molecule has 0 aliphatic carbocycles. The maximum absolute atomic E-state index is 13.5. The van der Waals surface area contributed by atoms with E-state index >= 15 is 0 Å². The largest absolute Gasteiger partial charge is 0.388 e. The third-order valence-corrected chi connectivity index (χ3v) is 4.15. The van der Waals surface area contributed by atoms with Crippen molar-refractivity contribution in [3.8, 4) is 0 Å². The number of nitrogens with zero attached hydrogens (tertiary/aromatic N) is 1. The Bertz CT molecular complexity index is 446. The molecule has 1 aliphatic heterocycles. The summed E-state index contributed by atoms with van der Waals surface area (Å²) < 4.78 is 19.2. The number of aryl methyl sites for hydroxylation is 1. The van der Waals surface area contributed by atoms with Crippen molar-refractivity contribution in [1.82, 2.24) is 4.90 Å². The van der Waals surface area contributed by atoms with E-state index in [0.717, 1.165) is 32.5 Å². The number of benzene rings is 1. The van der Waals surface area contributed by atoms with Gasteiger partial charge in [-0.2, -0.15) is 0 Å². The van der Waals surface area contributed by atoms with Gasteiger partial charge in [0, 0.05) is 19.7 Å². The molecule has 0 aromatic heterocycles. The average molecular weight is 295 g/mol. The molecule has 1 heterocycles. The quantitative estimate of drug-likeness (QED) is 0.875. The van der Waals surface area contributed by atoms with Crippen LogP contribution >= 0.6 is 0 Å². The Morgan fingerprint density at radius 2 is 2.24 bits per heavy atom. The van der Waals surface area contributed by atoms with Gasteiger partial charge in [0.15, 0.2) is 0 Å². The average Bonchev–Trinajstić information content (AvgIpc) is 2.48. The SMILES string of the molecule is Cc1ccc(C(O)CCN(C)CC2CCCCO2)cc1F. The number of rotatable bonds is 6. The zero-order valence-corrected chi connectivity index (χ0v) is 13.0. The summed E-state index contributed by atoms with van der Waals surface area (Å²) in [5.74, 6) is -0.254. The second kappa shape index (κ2) is 7.87. The monoisotopic (exact) mass is 295 g/mol. The maximum Gasteiger partial charge on any atom is 0.126 e. The van der Waals surface area contributed by atoms with E-state index in [1.165, 1.54) is 12.5 Å². The zero-order valence-electron chi connectivity index (χ0n) is 13.0. The van der Waals surface area contributed by atoms with Crippen LogP contribution in [0.25, 0.3) is 0 Å². The molecule has 21 heavy (non-hydrogen) atoms. The maximum atomic E-state index is 13.5. The Kier molecular flexibility index (Phi) is 6.15. The molecule has 1 saturated heterocycles. The van der Waals surface area contributed by atoms with Crippen molar-refractivity contribution in [3.05, 3.63) is 35.1 Å². The molecule has 1 N–H and O–H groups in total. The molecular weight excluding hydrogens is 269 g/mol. The topological polar surface area (TPSA) is 32.7 Å². The molecule has 0 saturated carbocycles. The molecule has 1 aromatic rings.